The van der Waals surface area contributed by atoms with Crippen LogP contribution in [0, 0.1) is 16.0 Å². The molecule has 0 bridgehead atoms. The highest BCUT2D eigenvalue weighted by Crippen LogP contribution is 2.38. The Labute approximate surface area is 176 Å². The molecule has 8 nitrogen and oxygen atoms in total. The minimum absolute atomic E-state index is 0.140. The van der Waals surface area contributed by atoms with Crippen molar-refractivity contribution in [2.45, 2.75) is 19.9 Å². The number of amides is 2. The van der Waals surface area contributed by atoms with Crippen molar-refractivity contribution < 1.29 is 14.5 Å². The molecule has 2 aromatic carbocycles. The quantitative estimate of drug-likeness (QED) is 0.566. The van der Waals surface area contributed by atoms with Crippen molar-refractivity contribution >= 4 is 52.1 Å². The first-order valence-corrected chi connectivity index (χ1v) is 9.30. The fourth-order valence-electron chi connectivity index (χ4n) is 3.21. The molecule has 1 N–H and O–H groups in total. The Bertz CT molecular complexity index is 1040. The molecule has 2 amide bonds. The predicted molar refractivity (Wildman–Crippen MR) is 110 cm³/mol. The highest BCUT2D eigenvalue weighted by atomic mass is 35.5. The first kappa shape index (κ1) is 20.8. The zero-order chi connectivity index (χ0) is 21.3. The third-order valence-corrected chi connectivity index (χ3v) is 5.25. The van der Waals surface area contributed by atoms with Crippen LogP contribution in [-0.2, 0) is 9.59 Å². The number of anilines is 1. The summed E-state index contributed by atoms with van der Waals surface area (Å²) in [4.78, 5) is 35.8. The van der Waals surface area contributed by atoms with Crippen molar-refractivity contribution in [3.63, 3.8) is 0 Å². The lowest BCUT2D eigenvalue weighted by molar-refractivity contribution is -0.385. The van der Waals surface area contributed by atoms with E-state index in [9.17, 15) is 19.7 Å². The van der Waals surface area contributed by atoms with Crippen molar-refractivity contribution in [1.29, 1.82) is 0 Å². The lowest BCUT2D eigenvalue weighted by atomic mass is 9.89. The molecule has 0 fully saturated rings. The zero-order valence-electron chi connectivity index (χ0n) is 15.4. The van der Waals surface area contributed by atoms with Gasteiger partial charge >= 0.3 is 0 Å². The number of hydrogen-bond donors (Lipinski definition) is 1. The summed E-state index contributed by atoms with van der Waals surface area (Å²) >= 11 is 11.9. The average molecular weight is 435 g/mol. The van der Waals surface area contributed by atoms with Gasteiger partial charge in [-0.3, -0.25) is 19.7 Å². The standard InChI is InChI=1S/C19H16Cl2N4O4/c1-10-17(19(27)22-13-6-7-15(20)16(21)9-13)18(24(23-10)11(2)26)12-4-3-5-14(8-12)25(28)29/h3-9,17-18H,1-2H3,(H,22,27). The van der Waals surface area contributed by atoms with E-state index in [0.717, 1.165) is 0 Å². The van der Waals surface area contributed by atoms with E-state index in [0.29, 0.717) is 22.0 Å². The van der Waals surface area contributed by atoms with Gasteiger partial charge in [0, 0.05) is 24.7 Å². The molecule has 3 rings (SSSR count). The fourth-order valence-corrected chi connectivity index (χ4v) is 3.51. The number of halogens is 2. The summed E-state index contributed by atoms with van der Waals surface area (Å²) in [5.74, 6) is -1.65. The summed E-state index contributed by atoms with van der Waals surface area (Å²) in [6, 6.07) is 9.66. The Morgan fingerprint density at radius 2 is 1.90 bits per heavy atom. The Kier molecular flexibility index (Phi) is 5.86. The summed E-state index contributed by atoms with van der Waals surface area (Å²) in [5, 5.41) is 19.9. The van der Waals surface area contributed by atoms with E-state index >= 15 is 0 Å². The molecule has 2 aromatic rings. The van der Waals surface area contributed by atoms with Crippen molar-refractivity contribution in [2.24, 2.45) is 11.0 Å². The number of carbonyl (C=O) groups is 2. The van der Waals surface area contributed by atoms with Gasteiger partial charge in [0.1, 0.15) is 5.92 Å². The second-order valence-electron chi connectivity index (χ2n) is 6.50. The Balaban J connectivity index is 1.98. The summed E-state index contributed by atoms with van der Waals surface area (Å²) in [6.07, 6.45) is 0. The average Bonchev–Trinajstić information content (AvgIpc) is 3.02. The van der Waals surface area contributed by atoms with Crippen LogP contribution in [-0.4, -0.2) is 27.5 Å². The molecule has 0 aliphatic carbocycles. The van der Waals surface area contributed by atoms with Crippen molar-refractivity contribution in [3.8, 4) is 0 Å². The van der Waals surface area contributed by atoms with E-state index in [1.807, 2.05) is 0 Å². The number of carbonyl (C=O) groups excluding carboxylic acids is 2. The minimum atomic E-state index is -0.838. The van der Waals surface area contributed by atoms with Crippen LogP contribution in [0.25, 0.3) is 0 Å². The number of non-ortho nitro benzene ring substituents is 1. The molecule has 1 aliphatic heterocycles. The second kappa shape index (κ2) is 8.18. The fraction of sp³-hybridized carbons (Fsp3) is 0.211. The topological polar surface area (TPSA) is 105 Å². The first-order valence-electron chi connectivity index (χ1n) is 8.54. The molecule has 2 atom stereocenters. The van der Waals surface area contributed by atoms with Crippen LogP contribution in [0.4, 0.5) is 11.4 Å². The van der Waals surface area contributed by atoms with Crippen LogP contribution in [0.1, 0.15) is 25.5 Å². The van der Waals surface area contributed by atoms with E-state index < -0.39 is 22.8 Å². The maximum atomic E-state index is 13.1. The van der Waals surface area contributed by atoms with Gasteiger partial charge in [0.2, 0.25) is 11.8 Å². The smallest absolute Gasteiger partial charge is 0.269 e. The normalized spacial score (nSPS) is 18.3. The molecule has 150 valence electrons. The Hall–Kier alpha value is -2.97. The van der Waals surface area contributed by atoms with Crippen LogP contribution >= 0.6 is 23.2 Å². The molecular formula is C19H16Cl2N4O4. The van der Waals surface area contributed by atoms with Crippen LogP contribution in [0.2, 0.25) is 10.0 Å². The molecule has 29 heavy (non-hydrogen) atoms. The van der Waals surface area contributed by atoms with E-state index in [-0.39, 0.29) is 16.6 Å². The lowest BCUT2D eigenvalue weighted by Gasteiger charge is -2.25. The van der Waals surface area contributed by atoms with Crippen molar-refractivity contribution in [3.05, 3.63) is 68.2 Å². The summed E-state index contributed by atoms with van der Waals surface area (Å²) in [5.41, 5.74) is 1.13. The monoisotopic (exact) mass is 434 g/mol. The lowest BCUT2D eigenvalue weighted by Crippen LogP contribution is -2.35. The molecule has 0 radical (unpaired) electrons. The van der Waals surface area contributed by atoms with Crippen molar-refractivity contribution in [1.82, 2.24) is 5.01 Å². The maximum absolute atomic E-state index is 13.1. The first-order chi connectivity index (χ1) is 13.7. The SMILES string of the molecule is CC(=O)N1N=C(C)C(C(=O)Nc2ccc(Cl)c(Cl)c2)C1c1cccc([N+](=O)[O-])c1. The highest BCUT2D eigenvalue weighted by molar-refractivity contribution is 6.42. The van der Waals surface area contributed by atoms with Gasteiger partial charge in [-0.15, -0.1) is 0 Å². The molecule has 0 saturated carbocycles. The number of benzene rings is 2. The van der Waals surface area contributed by atoms with E-state index in [2.05, 4.69) is 10.4 Å². The third kappa shape index (κ3) is 4.23. The van der Waals surface area contributed by atoms with Crippen LogP contribution in [0.15, 0.2) is 47.6 Å². The molecule has 0 aromatic heterocycles. The van der Waals surface area contributed by atoms with E-state index in [4.69, 9.17) is 23.2 Å². The van der Waals surface area contributed by atoms with E-state index in [1.165, 1.54) is 36.2 Å². The zero-order valence-corrected chi connectivity index (χ0v) is 16.9. The van der Waals surface area contributed by atoms with Gasteiger partial charge in [-0.25, -0.2) is 5.01 Å². The van der Waals surface area contributed by atoms with Crippen LogP contribution in [0.5, 0.6) is 0 Å². The predicted octanol–water partition coefficient (Wildman–Crippen LogP) is 4.44. The highest BCUT2D eigenvalue weighted by Gasteiger charge is 2.43. The number of nitro groups is 1. The van der Waals surface area contributed by atoms with E-state index in [1.54, 1.807) is 25.1 Å². The molecular weight excluding hydrogens is 419 g/mol. The molecule has 10 heteroatoms. The number of nitro benzene ring substituents is 1. The molecule has 2 unspecified atom stereocenters. The number of nitrogens with zero attached hydrogens (tertiary/aromatic N) is 3. The Morgan fingerprint density at radius 3 is 2.52 bits per heavy atom. The molecule has 1 aliphatic rings. The van der Waals surface area contributed by atoms with Gasteiger partial charge in [0.25, 0.3) is 5.69 Å². The third-order valence-electron chi connectivity index (χ3n) is 4.51. The molecule has 1 heterocycles. The second-order valence-corrected chi connectivity index (χ2v) is 7.31. The van der Waals surface area contributed by atoms with Crippen LogP contribution in [0.3, 0.4) is 0 Å². The largest absolute Gasteiger partial charge is 0.325 e. The maximum Gasteiger partial charge on any atom is 0.269 e. The molecule has 0 saturated heterocycles. The minimum Gasteiger partial charge on any atom is -0.325 e. The molecule has 0 spiro atoms. The summed E-state index contributed by atoms with van der Waals surface area (Å²) in [6.45, 7) is 2.95. The summed E-state index contributed by atoms with van der Waals surface area (Å²) in [7, 11) is 0. The number of nitrogens with one attached hydrogen (secondary N) is 1. The Morgan fingerprint density at radius 1 is 1.17 bits per heavy atom. The van der Waals surface area contributed by atoms with Crippen molar-refractivity contribution in [2.75, 3.05) is 5.32 Å². The summed E-state index contributed by atoms with van der Waals surface area (Å²) < 4.78 is 0. The van der Waals surface area contributed by atoms with Gasteiger partial charge in [-0.1, -0.05) is 35.3 Å². The number of hydrogen-bond acceptors (Lipinski definition) is 5. The number of hydrazone groups is 1. The van der Waals surface area contributed by atoms with Gasteiger partial charge in [-0.2, -0.15) is 5.10 Å². The number of rotatable bonds is 4. The van der Waals surface area contributed by atoms with Crippen LogP contribution < -0.4 is 5.32 Å². The van der Waals surface area contributed by atoms with Gasteiger partial charge < -0.3 is 5.32 Å². The van der Waals surface area contributed by atoms with Gasteiger partial charge in [0.05, 0.1) is 26.7 Å². The van der Waals surface area contributed by atoms with Gasteiger partial charge in [-0.05, 0) is 30.7 Å². The van der Waals surface area contributed by atoms with Gasteiger partial charge in [0.15, 0.2) is 0 Å².